The van der Waals surface area contributed by atoms with E-state index in [9.17, 15) is 9.59 Å². The number of rotatable bonds is 8. The van der Waals surface area contributed by atoms with Gasteiger partial charge in [-0.25, -0.2) is 0 Å². The number of benzene rings is 2. The summed E-state index contributed by atoms with van der Waals surface area (Å²) in [6, 6.07) is 17.8. The highest BCUT2D eigenvalue weighted by atomic mass is 32.2. The van der Waals surface area contributed by atoms with Gasteiger partial charge in [-0.3, -0.25) is 9.59 Å². The number of likely N-dealkylation sites (N-methyl/N-ethyl adjacent to an activating group) is 1. The summed E-state index contributed by atoms with van der Waals surface area (Å²) in [5.41, 5.74) is 2.32. The van der Waals surface area contributed by atoms with E-state index in [4.69, 9.17) is 4.74 Å². The molecule has 0 aliphatic carbocycles. The van der Waals surface area contributed by atoms with Crippen molar-refractivity contribution in [2.45, 2.75) is 24.8 Å². The zero-order valence-electron chi connectivity index (χ0n) is 14.6. The van der Waals surface area contributed by atoms with Crippen LogP contribution in [-0.4, -0.2) is 36.2 Å². The number of nitrogens with zero attached hydrogens (tertiary/aromatic N) is 1. The van der Waals surface area contributed by atoms with Crippen molar-refractivity contribution in [1.82, 2.24) is 4.90 Å². The molecule has 0 radical (unpaired) electrons. The number of ether oxygens (including phenoxy) is 1. The van der Waals surface area contributed by atoms with Crippen LogP contribution < -0.4 is 0 Å². The summed E-state index contributed by atoms with van der Waals surface area (Å²) in [6.45, 7) is 2.38. The van der Waals surface area contributed by atoms with Gasteiger partial charge in [0.1, 0.15) is 0 Å². The highest BCUT2D eigenvalue weighted by Crippen LogP contribution is 2.16. The van der Waals surface area contributed by atoms with Gasteiger partial charge in [-0.1, -0.05) is 49.4 Å². The van der Waals surface area contributed by atoms with Crippen molar-refractivity contribution in [1.29, 1.82) is 0 Å². The molecule has 0 spiro atoms. The van der Waals surface area contributed by atoms with Gasteiger partial charge in [0.15, 0.2) is 6.61 Å². The van der Waals surface area contributed by atoms with Crippen molar-refractivity contribution < 1.29 is 14.3 Å². The van der Waals surface area contributed by atoms with Gasteiger partial charge in [0.05, 0.1) is 5.75 Å². The molecule has 0 unspecified atom stereocenters. The Morgan fingerprint density at radius 3 is 2.28 bits per heavy atom. The lowest BCUT2D eigenvalue weighted by Gasteiger charge is -2.17. The first-order valence-corrected chi connectivity index (χ1v) is 9.22. The van der Waals surface area contributed by atoms with Crippen molar-refractivity contribution in [3.8, 4) is 0 Å². The van der Waals surface area contributed by atoms with Crippen molar-refractivity contribution in [3.63, 3.8) is 0 Å². The molecular formula is C20H23NO3S. The number of esters is 1. The summed E-state index contributed by atoms with van der Waals surface area (Å²) in [7, 11) is 1.71. The third kappa shape index (κ3) is 6.63. The zero-order valence-corrected chi connectivity index (χ0v) is 15.4. The molecule has 0 heterocycles. The summed E-state index contributed by atoms with van der Waals surface area (Å²) < 4.78 is 5.07. The first-order valence-electron chi connectivity index (χ1n) is 8.23. The number of carbonyl (C=O) groups is 2. The lowest BCUT2D eigenvalue weighted by molar-refractivity contribution is -0.149. The van der Waals surface area contributed by atoms with Crippen LogP contribution in [0.1, 0.15) is 18.1 Å². The van der Waals surface area contributed by atoms with Crippen LogP contribution in [0.5, 0.6) is 0 Å². The molecule has 25 heavy (non-hydrogen) atoms. The summed E-state index contributed by atoms with van der Waals surface area (Å²) in [5.74, 6) is -0.403. The Hall–Kier alpha value is -2.27. The first-order chi connectivity index (χ1) is 12.1. The fourth-order valence-electron chi connectivity index (χ4n) is 2.20. The Morgan fingerprint density at radius 2 is 1.64 bits per heavy atom. The molecule has 0 saturated carbocycles. The smallest absolute Gasteiger partial charge is 0.316 e. The maximum Gasteiger partial charge on any atom is 0.316 e. The molecule has 0 aromatic heterocycles. The molecule has 0 N–H and O–H groups in total. The van der Waals surface area contributed by atoms with E-state index in [1.807, 2.05) is 42.5 Å². The van der Waals surface area contributed by atoms with Crippen molar-refractivity contribution >= 4 is 23.6 Å². The molecule has 2 aromatic rings. The number of hydrogen-bond donors (Lipinski definition) is 0. The van der Waals surface area contributed by atoms with Gasteiger partial charge in [-0.05, 0) is 29.7 Å². The molecule has 2 rings (SSSR count). The van der Waals surface area contributed by atoms with Crippen LogP contribution in [0.2, 0.25) is 0 Å². The number of thioether (sulfide) groups is 1. The van der Waals surface area contributed by atoms with E-state index in [0.29, 0.717) is 6.54 Å². The molecule has 4 nitrogen and oxygen atoms in total. The fourth-order valence-corrected chi connectivity index (χ4v) is 2.91. The van der Waals surface area contributed by atoms with Crippen molar-refractivity contribution in [3.05, 3.63) is 65.7 Å². The number of carbonyl (C=O) groups excluding carboxylic acids is 2. The Balaban J connectivity index is 1.71. The monoisotopic (exact) mass is 357 g/mol. The third-order valence-corrected chi connectivity index (χ3v) is 4.72. The van der Waals surface area contributed by atoms with E-state index in [1.54, 1.807) is 11.9 Å². The van der Waals surface area contributed by atoms with Crippen molar-refractivity contribution in [2.24, 2.45) is 0 Å². The van der Waals surface area contributed by atoms with Crippen LogP contribution >= 0.6 is 11.8 Å². The molecular weight excluding hydrogens is 334 g/mol. The number of aryl methyl sites for hydroxylation is 1. The van der Waals surface area contributed by atoms with Crippen LogP contribution in [0.25, 0.3) is 0 Å². The average molecular weight is 357 g/mol. The zero-order chi connectivity index (χ0) is 18.1. The molecule has 0 fully saturated rings. The second-order valence-electron chi connectivity index (χ2n) is 5.68. The first kappa shape index (κ1) is 19.1. The lowest BCUT2D eigenvalue weighted by Crippen LogP contribution is -2.31. The minimum absolute atomic E-state index is 0.194. The quantitative estimate of drug-likeness (QED) is 0.535. The molecule has 0 atom stereocenters. The highest BCUT2D eigenvalue weighted by Gasteiger charge is 2.13. The largest absolute Gasteiger partial charge is 0.455 e. The standard InChI is InChI=1S/C20H23NO3S/c1-3-16-9-11-17(12-10-16)13-21(2)19(22)14-24-20(23)15-25-18-7-5-4-6-8-18/h4-12H,3,13-15H2,1-2H3. The van der Waals surface area contributed by atoms with E-state index in [1.165, 1.54) is 17.3 Å². The highest BCUT2D eigenvalue weighted by molar-refractivity contribution is 8.00. The number of hydrogen-bond acceptors (Lipinski definition) is 4. The van der Waals surface area contributed by atoms with Gasteiger partial charge in [-0.2, -0.15) is 0 Å². The fraction of sp³-hybridized carbons (Fsp3) is 0.300. The van der Waals surface area contributed by atoms with Gasteiger partial charge in [0.2, 0.25) is 0 Å². The average Bonchev–Trinajstić information content (AvgIpc) is 2.65. The van der Waals surface area contributed by atoms with E-state index < -0.39 is 0 Å². The second-order valence-corrected chi connectivity index (χ2v) is 6.73. The molecule has 5 heteroatoms. The van der Waals surface area contributed by atoms with E-state index in [2.05, 4.69) is 19.1 Å². The van der Waals surface area contributed by atoms with Gasteiger partial charge < -0.3 is 9.64 Å². The van der Waals surface area contributed by atoms with Crippen molar-refractivity contribution in [2.75, 3.05) is 19.4 Å². The van der Waals surface area contributed by atoms with Crippen LogP contribution in [0.15, 0.2) is 59.5 Å². The number of amides is 1. The summed E-state index contributed by atoms with van der Waals surface area (Å²) >= 11 is 1.40. The molecule has 2 aromatic carbocycles. The molecule has 0 aliphatic rings. The van der Waals surface area contributed by atoms with E-state index >= 15 is 0 Å². The van der Waals surface area contributed by atoms with Gasteiger partial charge in [-0.15, -0.1) is 11.8 Å². The van der Waals surface area contributed by atoms with Gasteiger partial charge in [0, 0.05) is 18.5 Å². The molecule has 132 valence electrons. The summed E-state index contributed by atoms with van der Waals surface area (Å²) in [4.78, 5) is 26.4. The Kier molecular flexibility index (Phi) is 7.54. The van der Waals surface area contributed by atoms with Crippen LogP contribution in [-0.2, 0) is 27.3 Å². The maximum absolute atomic E-state index is 12.1. The van der Waals surface area contributed by atoms with Crippen LogP contribution in [0, 0.1) is 0 Å². The van der Waals surface area contributed by atoms with E-state index in [-0.39, 0.29) is 24.2 Å². The minimum Gasteiger partial charge on any atom is -0.455 e. The van der Waals surface area contributed by atoms with Crippen LogP contribution in [0.3, 0.4) is 0 Å². The Morgan fingerprint density at radius 1 is 1.00 bits per heavy atom. The minimum atomic E-state index is -0.386. The Labute approximate surface area is 153 Å². The normalized spacial score (nSPS) is 10.3. The van der Waals surface area contributed by atoms with E-state index in [0.717, 1.165) is 16.9 Å². The molecule has 0 bridgehead atoms. The molecule has 1 amide bonds. The molecule has 0 saturated heterocycles. The topological polar surface area (TPSA) is 46.6 Å². The van der Waals surface area contributed by atoms with Gasteiger partial charge >= 0.3 is 5.97 Å². The lowest BCUT2D eigenvalue weighted by atomic mass is 10.1. The maximum atomic E-state index is 12.1. The third-order valence-electron chi connectivity index (χ3n) is 3.73. The summed E-state index contributed by atoms with van der Waals surface area (Å²) in [5, 5.41) is 0. The SMILES string of the molecule is CCc1ccc(CN(C)C(=O)COC(=O)CSc2ccccc2)cc1. The summed E-state index contributed by atoms with van der Waals surface area (Å²) in [6.07, 6.45) is 0.992. The predicted octanol–water partition coefficient (Wildman–Crippen LogP) is 3.54. The van der Waals surface area contributed by atoms with Gasteiger partial charge in [0.25, 0.3) is 5.91 Å². The second kappa shape index (κ2) is 9.89. The van der Waals surface area contributed by atoms with Crippen LogP contribution in [0.4, 0.5) is 0 Å². The Bertz CT molecular complexity index is 686. The molecule has 0 aliphatic heterocycles. The predicted molar refractivity (Wildman–Crippen MR) is 100 cm³/mol.